The van der Waals surface area contributed by atoms with E-state index in [9.17, 15) is 14.4 Å². The highest BCUT2D eigenvalue weighted by Crippen LogP contribution is 2.16. The zero-order chi connectivity index (χ0) is 43.0. The molecule has 0 rings (SSSR count). The van der Waals surface area contributed by atoms with Crippen molar-refractivity contribution < 1.29 is 28.6 Å². The third kappa shape index (κ3) is 46.8. The van der Waals surface area contributed by atoms with Crippen molar-refractivity contribution in [1.82, 2.24) is 0 Å². The molecule has 0 aromatic rings. The van der Waals surface area contributed by atoms with Crippen LogP contribution >= 0.6 is 0 Å². The van der Waals surface area contributed by atoms with Crippen molar-refractivity contribution in [2.75, 3.05) is 13.2 Å². The highest BCUT2D eigenvalue weighted by atomic mass is 16.6. The van der Waals surface area contributed by atoms with Crippen LogP contribution in [0, 0.1) is 0 Å². The standard InChI is InChI=1S/C53H98O6/c1-4-7-10-13-16-19-22-24-26-28-29-31-34-37-40-43-46-52(55)58-49-50(48-57-51(54)45-42-39-36-33-21-18-15-12-9-6-3)59-53(56)47-44-41-38-35-32-30-27-25-23-20-17-14-11-8-5-2/h17,20,25,27,50H,4-16,18-19,21-24,26,28-49H2,1-3H3/b20-17-,27-25-. The molecule has 0 aromatic carbocycles. The highest BCUT2D eigenvalue weighted by molar-refractivity contribution is 5.71. The van der Waals surface area contributed by atoms with E-state index in [1.165, 1.54) is 161 Å². The van der Waals surface area contributed by atoms with E-state index in [1.54, 1.807) is 0 Å². The summed E-state index contributed by atoms with van der Waals surface area (Å²) in [6.07, 6.45) is 54.4. The number of carbonyl (C=O) groups is 3. The van der Waals surface area contributed by atoms with E-state index in [0.717, 1.165) is 77.0 Å². The van der Waals surface area contributed by atoms with Gasteiger partial charge < -0.3 is 14.2 Å². The molecule has 0 aliphatic rings. The lowest BCUT2D eigenvalue weighted by Gasteiger charge is -2.18. The molecule has 0 saturated carbocycles. The Hall–Kier alpha value is -2.11. The summed E-state index contributed by atoms with van der Waals surface area (Å²) in [6.45, 7) is 6.62. The van der Waals surface area contributed by atoms with Crippen LogP contribution < -0.4 is 0 Å². The fourth-order valence-electron chi connectivity index (χ4n) is 7.53. The number of carbonyl (C=O) groups excluding carboxylic acids is 3. The number of ether oxygens (including phenoxy) is 3. The van der Waals surface area contributed by atoms with Crippen LogP contribution in [0.25, 0.3) is 0 Å². The van der Waals surface area contributed by atoms with Crippen molar-refractivity contribution in [3.63, 3.8) is 0 Å². The minimum Gasteiger partial charge on any atom is -0.462 e. The molecule has 0 aliphatic carbocycles. The summed E-state index contributed by atoms with van der Waals surface area (Å²) in [6, 6.07) is 0. The van der Waals surface area contributed by atoms with Gasteiger partial charge in [0.2, 0.25) is 0 Å². The molecule has 6 heteroatoms. The van der Waals surface area contributed by atoms with Crippen LogP contribution in [-0.4, -0.2) is 37.2 Å². The summed E-state index contributed by atoms with van der Waals surface area (Å²) < 4.78 is 16.8. The summed E-state index contributed by atoms with van der Waals surface area (Å²) in [7, 11) is 0. The van der Waals surface area contributed by atoms with Gasteiger partial charge in [-0.05, 0) is 51.4 Å². The minimum absolute atomic E-state index is 0.0723. The summed E-state index contributed by atoms with van der Waals surface area (Å²) in [4.78, 5) is 37.9. The van der Waals surface area contributed by atoms with Gasteiger partial charge in [0.1, 0.15) is 13.2 Å². The first kappa shape index (κ1) is 56.9. The Morgan fingerprint density at radius 3 is 0.966 bits per heavy atom. The predicted octanol–water partition coefficient (Wildman–Crippen LogP) is 16.8. The fraction of sp³-hybridized carbons (Fsp3) is 0.868. The van der Waals surface area contributed by atoms with Crippen molar-refractivity contribution in [3.05, 3.63) is 24.3 Å². The van der Waals surface area contributed by atoms with Crippen LogP contribution in [0.3, 0.4) is 0 Å². The molecule has 1 unspecified atom stereocenters. The first-order valence-electron chi connectivity index (χ1n) is 25.8. The molecule has 0 N–H and O–H groups in total. The third-order valence-corrected chi connectivity index (χ3v) is 11.5. The smallest absolute Gasteiger partial charge is 0.306 e. The van der Waals surface area contributed by atoms with Crippen LogP contribution in [0.2, 0.25) is 0 Å². The largest absolute Gasteiger partial charge is 0.462 e. The molecule has 0 amide bonds. The van der Waals surface area contributed by atoms with E-state index in [2.05, 4.69) is 45.1 Å². The van der Waals surface area contributed by atoms with Gasteiger partial charge in [-0.2, -0.15) is 0 Å². The van der Waals surface area contributed by atoms with Crippen molar-refractivity contribution in [1.29, 1.82) is 0 Å². The SMILES string of the molecule is CCCCC/C=C\C/C=C\CCCCCCCC(=O)OC(COC(=O)CCCCCCCCCCCC)COC(=O)CCCCCCCCCCCCCCCCCC. The maximum Gasteiger partial charge on any atom is 0.306 e. The van der Waals surface area contributed by atoms with Crippen LogP contribution in [0.15, 0.2) is 24.3 Å². The van der Waals surface area contributed by atoms with Crippen LogP contribution in [0.1, 0.15) is 278 Å². The lowest BCUT2D eigenvalue weighted by molar-refractivity contribution is -0.167. The molecule has 59 heavy (non-hydrogen) atoms. The van der Waals surface area contributed by atoms with Crippen LogP contribution in [0.4, 0.5) is 0 Å². The van der Waals surface area contributed by atoms with Crippen LogP contribution in [-0.2, 0) is 28.6 Å². The Kier molecular flexibility index (Phi) is 46.8. The number of allylic oxidation sites excluding steroid dienone is 4. The Labute approximate surface area is 366 Å². The maximum absolute atomic E-state index is 12.8. The molecule has 0 fully saturated rings. The summed E-state index contributed by atoms with van der Waals surface area (Å²) in [5, 5.41) is 0. The van der Waals surface area contributed by atoms with Gasteiger partial charge in [-0.1, -0.05) is 231 Å². The molecule has 0 aliphatic heterocycles. The van der Waals surface area contributed by atoms with E-state index < -0.39 is 6.10 Å². The number of hydrogen-bond acceptors (Lipinski definition) is 6. The molecule has 0 heterocycles. The quantitative estimate of drug-likeness (QED) is 0.0263. The summed E-state index contributed by atoms with van der Waals surface area (Å²) in [5.74, 6) is -0.874. The fourth-order valence-corrected chi connectivity index (χ4v) is 7.53. The molecule has 0 aromatic heterocycles. The highest BCUT2D eigenvalue weighted by Gasteiger charge is 2.19. The zero-order valence-corrected chi connectivity index (χ0v) is 39.5. The lowest BCUT2D eigenvalue weighted by atomic mass is 10.0. The Bertz CT molecular complexity index is 958. The van der Waals surface area contributed by atoms with E-state index in [0.29, 0.717) is 19.3 Å². The second-order valence-electron chi connectivity index (χ2n) is 17.4. The van der Waals surface area contributed by atoms with Gasteiger partial charge in [0.05, 0.1) is 0 Å². The monoisotopic (exact) mass is 831 g/mol. The van der Waals surface area contributed by atoms with E-state index in [-0.39, 0.29) is 31.1 Å². The molecule has 0 spiro atoms. The van der Waals surface area contributed by atoms with Crippen molar-refractivity contribution >= 4 is 17.9 Å². The van der Waals surface area contributed by atoms with E-state index in [4.69, 9.17) is 14.2 Å². The minimum atomic E-state index is -0.771. The molecule has 6 nitrogen and oxygen atoms in total. The second kappa shape index (κ2) is 48.6. The molecule has 0 saturated heterocycles. The van der Waals surface area contributed by atoms with Crippen molar-refractivity contribution in [2.45, 2.75) is 284 Å². The maximum atomic E-state index is 12.8. The average Bonchev–Trinajstić information content (AvgIpc) is 3.23. The second-order valence-corrected chi connectivity index (χ2v) is 17.4. The Morgan fingerprint density at radius 2 is 0.610 bits per heavy atom. The number of rotatable bonds is 47. The summed E-state index contributed by atoms with van der Waals surface area (Å²) >= 11 is 0. The van der Waals surface area contributed by atoms with Gasteiger partial charge in [0.25, 0.3) is 0 Å². The summed E-state index contributed by atoms with van der Waals surface area (Å²) in [5.41, 5.74) is 0. The van der Waals surface area contributed by atoms with E-state index >= 15 is 0 Å². The molecule has 346 valence electrons. The van der Waals surface area contributed by atoms with Gasteiger partial charge in [0, 0.05) is 19.3 Å². The van der Waals surface area contributed by atoms with Gasteiger partial charge in [-0.15, -0.1) is 0 Å². The van der Waals surface area contributed by atoms with Crippen LogP contribution in [0.5, 0.6) is 0 Å². The number of unbranched alkanes of at least 4 members (excludes halogenated alkanes) is 32. The van der Waals surface area contributed by atoms with Gasteiger partial charge >= 0.3 is 17.9 Å². The zero-order valence-electron chi connectivity index (χ0n) is 39.5. The van der Waals surface area contributed by atoms with E-state index in [1.807, 2.05) is 0 Å². The lowest BCUT2D eigenvalue weighted by Crippen LogP contribution is -2.30. The molecule has 0 bridgehead atoms. The Morgan fingerprint density at radius 1 is 0.339 bits per heavy atom. The van der Waals surface area contributed by atoms with Gasteiger partial charge in [0.15, 0.2) is 6.10 Å². The van der Waals surface area contributed by atoms with Gasteiger partial charge in [-0.3, -0.25) is 14.4 Å². The molecule has 1 atom stereocenters. The Balaban J connectivity index is 4.33. The number of hydrogen-bond donors (Lipinski definition) is 0. The van der Waals surface area contributed by atoms with Crippen molar-refractivity contribution in [3.8, 4) is 0 Å². The average molecular weight is 831 g/mol. The number of esters is 3. The van der Waals surface area contributed by atoms with Crippen molar-refractivity contribution in [2.24, 2.45) is 0 Å². The first-order chi connectivity index (χ1) is 29.0. The third-order valence-electron chi connectivity index (χ3n) is 11.5. The molecule has 0 radical (unpaired) electrons. The predicted molar refractivity (Wildman–Crippen MR) is 252 cm³/mol. The molecular weight excluding hydrogens is 733 g/mol. The normalized spacial score (nSPS) is 12.1. The first-order valence-corrected chi connectivity index (χ1v) is 25.8. The van der Waals surface area contributed by atoms with Gasteiger partial charge in [-0.25, -0.2) is 0 Å². The topological polar surface area (TPSA) is 78.9 Å². The molecular formula is C53H98O6.